The minimum Gasteiger partial charge on any atom is -0.390 e. The molecule has 2 N–H and O–H groups in total. The predicted octanol–water partition coefficient (Wildman–Crippen LogP) is 2.86. The maximum atomic E-state index is 12.2. The zero-order valence-corrected chi connectivity index (χ0v) is 11.6. The van der Waals surface area contributed by atoms with Crippen LogP contribution in [0, 0.1) is 0 Å². The van der Waals surface area contributed by atoms with E-state index in [0.717, 1.165) is 18.4 Å². The van der Waals surface area contributed by atoms with Crippen molar-refractivity contribution in [1.29, 1.82) is 0 Å². The van der Waals surface area contributed by atoms with Crippen LogP contribution in [-0.2, 0) is 6.42 Å². The van der Waals surface area contributed by atoms with Gasteiger partial charge in [0.15, 0.2) is 0 Å². The normalized spacial score (nSPS) is 18.9. The van der Waals surface area contributed by atoms with Gasteiger partial charge in [0.1, 0.15) is 0 Å². The van der Waals surface area contributed by atoms with E-state index in [0.29, 0.717) is 10.9 Å². The molecule has 3 nitrogen and oxygen atoms in total. The number of aryl methyl sites for hydroxylation is 1. The fourth-order valence-electron chi connectivity index (χ4n) is 2.63. The van der Waals surface area contributed by atoms with Gasteiger partial charge < -0.3 is 10.6 Å². The van der Waals surface area contributed by atoms with Gasteiger partial charge in [-0.15, -0.1) is 11.3 Å². The molecule has 0 aliphatic heterocycles. The third-order valence-electron chi connectivity index (χ3n) is 3.53. The highest BCUT2D eigenvalue weighted by molar-refractivity contribution is 7.16. The number of amides is 1. The summed E-state index contributed by atoms with van der Waals surface area (Å²) >= 11 is 1.61. The number of carbonyl (C=O) groups excluding carboxylic acids is 1. The lowest BCUT2D eigenvalue weighted by Gasteiger charge is -2.23. The fourth-order valence-corrected chi connectivity index (χ4v) is 3.82. The molecule has 1 aliphatic carbocycles. The van der Waals surface area contributed by atoms with Gasteiger partial charge in [-0.1, -0.05) is 6.92 Å². The molecule has 1 unspecified atom stereocenters. The molecule has 94 valence electrons. The Balaban J connectivity index is 2.52. The van der Waals surface area contributed by atoms with Gasteiger partial charge >= 0.3 is 0 Å². The van der Waals surface area contributed by atoms with E-state index in [9.17, 15) is 4.79 Å². The minimum atomic E-state index is 0.0559. The topological polar surface area (TPSA) is 46.3 Å². The van der Waals surface area contributed by atoms with E-state index in [4.69, 9.17) is 5.73 Å². The van der Waals surface area contributed by atoms with E-state index in [-0.39, 0.29) is 5.91 Å². The molecule has 0 saturated heterocycles. The first-order valence-corrected chi connectivity index (χ1v) is 7.00. The number of nitrogen functional groups attached to an aromatic ring is 1. The summed E-state index contributed by atoms with van der Waals surface area (Å²) in [6.45, 7) is 2.19. The van der Waals surface area contributed by atoms with E-state index in [1.807, 2.05) is 0 Å². The van der Waals surface area contributed by atoms with Crippen molar-refractivity contribution in [2.45, 2.75) is 38.5 Å². The van der Waals surface area contributed by atoms with Crippen LogP contribution in [0.25, 0.3) is 0 Å². The Morgan fingerprint density at radius 3 is 2.82 bits per heavy atom. The molecule has 1 aromatic heterocycles. The monoisotopic (exact) mass is 252 g/mol. The molecule has 1 amide bonds. The molecule has 0 bridgehead atoms. The van der Waals surface area contributed by atoms with E-state index >= 15 is 0 Å². The Morgan fingerprint density at radius 1 is 1.53 bits per heavy atom. The lowest BCUT2D eigenvalue weighted by molar-refractivity contribution is 0.0827. The number of fused-ring (bicyclic) bond motifs is 1. The van der Waals surface area contributed by atoms with Crippen LogP contribution >= 0.6 is 11.3 Å². The molecule has 2 rings (SSSR count). The molecular weight excluding hydrogens is 232 g/mol. The smallest absolute Gasteiger partial charge is 0.256 e. The van der Waals surface area contributed by atoms with Crippen LogP contribution in [0.3, 0.4) is 0 Å². The summed E-state index contributed by atoms with van der Waals surface area (Å²) in [5.41, 5.74) is 8.08. The van der Waals surface area contributed by atoms with Gasteiger partial charge in [-0.2, -0.15) is 0 Å². The molecule has 0 fully saturated rings. The second kappa shape index (κ2) is 4.69. The third-order valence-corrected chi connectivity index (χ3v) is 4.62. The lowest BCUT2D eigenvalue weighted by atomic mass is 9.83. The summed E-state index contributed by atoms with van der Waals surface area (Å²) in [6.07, 6.45) is 4.59. The Bertz CT molecular complexity index is 437. The van der Waals surface area contributed by atoms with Crippen LogP contribution in [-0.4, -0.2) is 24.9 Å². The SMILES string of the molecule is CCC1CCCc2sc(N)c(C(=O)N(C)C)c21. The second-order valence-corrected chi connectivity index (χ2v) is 6.01. The average Bonchev–Trinajstić information content (AvgIpc) is 2.63. The molecule has 4 heteroatoms. The highest BCUT2D eigenvalue weighted by atomic mass is 32.1. The van der Waals surface area contributed by atoms with E-state index in [1.54, 1.807) is 30.3 Å². The predicted molar refractivity (Wildman–Crippen MR) is 72.7 cm³/mol. The first-order chi connectivity index (χ1) is 8.06. The number of carbonyl (C=O) groups is 1. The summed E-state index contributed by atoms with van der Waals surface area (Å²) < 4.78 is 0. The van der Waals surface area contributed by atoms with Crippen molar-refractivity contribution in [3.63, 3.8) is 0 Å². The van der Waals surface area contributed by atoms with Crippen LogP contribution in [0.4, 0.5) is 5.00 Å². The third kappa shape index (κ3) is 2.06. The van der Waals surface area contributed by atoms with E-state index in [1.165, 1.54) is 23.3 Å². The van der Waals surface area contributed by atoms with E-state index in [2.05, 4.69) is 6.92 Å². The van der Waals surface area contributed by atoms with Crippen molar-refractivity contribution >= 4 is 22.2 Å². The Labute approximate surface area is 107 Å². The summed E-state index contributed by atoms with van der Waals surface area (Å²) in [6, 6.07) is 0. The van der Waals surface area contributed by atoms with Crippen molar-refractivity contribution in [2.24, 2.45) is 0 Å². The standard InChI is InChI=1S/C13H20N2OS/c1-4-8-6-5-7-9-10(8)11(12(14)17-9)13(16)15(2)3/h8H,4-7,14H2,1-3H3. The number of hydrogen-bond donors (Lipinski definition) is 1. The number of thiophene rings is 1. The molecular formula is C13H20N2OS. The van der Waals surface area contributed by atoms with Crippen LogP contribution < -0.4 is 5.73 Å². The Morgan fingerprint density at radius 2 is 2.24 bits per heavy atom. The van der Waals surface area contributed by atoms with Crippen molar-refractivity contribution < 1.29 is 4.79 Å². The fraction of sp³-hybridized carbons (Fsp3) is 0.615. The van der Waals surface area contributed by atoms with Crippen LogP contribution in [0.2, 0.25) is 0 Å². The second-order valence-electron chi connectivity index (χ2n) is 4.88. The van der Waals surface area contributed by atoms with Gasteiger partial charge in [0.25, 0.3) is 5.91 Å². The number of anilines is 1. The molecule has 0 saturated carbocycles. The molecule has 1 aliphatic rings. The minimum absolute atomic E-state index is 0.0559. The average molecular weight is 252 g/mol. The maximum Gasteiger partial charge on any atom is 0.256 e. The molecule has 0 spiro atoms. The highest BCUT2D eigenvalue weighted by Gasteiger charge is 2.30. The number of hydrogen-bond acceptors (Lipinski definition) is 3. The van der Waals surface area contributed by atoms with Gasteiger partial charge in [-0.05, 0) is 37.2 Å². The lowest BCUT2D eigenvalue weighted by Crippen LogP contribution is -2.24. The Kier molecular flexibility index (Phi) is 3.43. The molecule has 1 aromatic rings. The quantitative estimate of drug-likeness (QED) is 0.879. The van der Waals surface area contributed by atoms with Crippen molar-refractivity contribution in [3.8, 4) is 0 Å². The molecule has 17 heavy (non-hydrogen) atoms. The van der Waals surface area contributed by atoms with Crippen LogP contribution in [0.5, 0.6) is 0 Å². The van der Waals surface area contributed by atoms with Crippen molar-refractivity contribution in [2.75, 3.05) is 19.8 Å². The van der Waals surface area contributed by atoms with Crippen molar-refractivity contribution in [3.05, 3.63) is 16.0 Å². The van der Waals surface area contributed by atoms with Crippen molar-refractivity contribution in [1.82, 2.24) is 4.90 Å². The number of nitrogens with two attached hydrogens (primary N) is 1. The Hall–Kier alpha value is -1.03. The first kappa shape index (κ1) is 12.4. The van der Waals surface area contributed by atoms with Gasteiger partial charge in [-0.3, -0.25) is 4.79 Å². The summed E-state index contributed by atoms with van der Waals surface area (Å²) in [5, 5.41) is 0.703. The zero-order chi connectivity index (χ0) is 12.6. The first-order valence-electron chi connectivity index (χ1n) is 6.18. The summed E-state index contributed by atoms with van der Waals surface area (Å²) in [7, 11) is 3.57. The molecule has 1 heterocycles. The largest absolute Gasteiger partial charge is 0.390 e. The van der Waals surface area contributed by atoms with Gasteiger partial charge in [0.2, 0.25) is 0 Å². The van der Waals surface area contributed by atoms with Crippen LogP contribution in [0.15, 0.2) is 0 Å². The maximum absolute atomic E-state index is 12.2. The van der Waals surface area contributed by atoms with Gasteiger partial charge in [0, 0.05) is 19.0 Å². The highest BCUT2D eigenvalue weighted by Crippen LogP contribution is 2.43. The molecule has 0 radical (unpaired) electrons. The van der Waals surface area contributed by atoms with Crippen LogP contribution in [0.1, 0.15) is 52.9 Å². The zero-order valence-electron chi connectivity index (χ0n) is 10.7. The van der Waals surface area contributed by atoms with Gasteiger partial charge in [0.05, 0.1) is 10.6 Å². The van der Waals surface area contributed by atoms with E-state index < -0.39 is 0 Å². The summed E-state index contributed by atoms with van der Waals surface area (Å²) in [4.78, 5) is 15.2. The summed E-state index contributed by atoms with van der Waals surface area (Å²) in [5.74, 6) is 0.576. The molecule has 1 atom stereocenters. The number of nitrogens with zero attached hydrogens (tertiary/aromatic N) is 1. The van der Waals surface area contributed by atoms with Gasteiger partial charge in [-0.25, -0.2) is 0 Å². The molecule has 0 aromatic carbocycles. The number of rotatable bonds is 2.